The standard InChI is InChI=1S/C15H24BrN/c1-4-6-9-13(5-2)14(16)11-15-12(3)8-7-10-17-15/h7-8,10,13-14H,4-6,9,11H2,1-3H3. The van der Waals surface area contributed by atoms with E-state index in [0.717, 1.165) is 12.3 Å². The van der Waals surface area contributed by atoms with Crippen molar-refractivity contribution in [3.05, 3.63) is 29.6 Å². The van der Waals surface area contributed by atoms with Crippen LogP contribution in [0.1, 0.15) is 50.8 Å². The van der Waals surface area contributed by atoms with Gasteiger partial charge in [0.1, 0.15) is 0 Å². The molecule has 0 aliphatic heterocycles. The summed E-state index contributed by atoms with van der Waals surface area (Å²) in [6.45, 7) is 6.70. The molecule has 2 unspecified atom stereocenters. The number of aromatic nitrogens is 1. The Bertz CT molecular complexity index is 324. The molecule has 1 rings (SSSR count). The number of nitrogens with zero attached hydrogens (tertiary/aromatic N) is 1. The van der Waals surface area contributed by atoms with Gasteiger partial charge in [-0.15, -0.1) is 0 Å². The largest absolute Gasteiger partial charge is 0.261 e. The summed E-state index contributed by atoms with van der Waals surface area (Å²) >= 11 is 3.87. The third-order valence-corrected chi connectivity index (χ3v) is 4.54. The summed E-state index contributed by atoms with van der Waals surface area (Å²) in [6, 6.07) is 4.16. The fourth-order valence-electron chi connectivity index (χ4n) is 2.19. The van der Waals surface area contributed by atoms with Gasteiger partial charge in [0.05, 0.1) is 0 Å². The summed E-state index contributed by atoms with van der Waals surface area (Å²) in [6.07, 6.45) is 8.15. The van der Waals surface area contributed by atoms with E-state index in [2.05, 4.69) is 47.8 Å². The number of pyridine rings is 1. The minimum absolute atomic E-state index is 0.563. The molecule has 0 fully saturated rings. The molecular weight excluding hydrogens is 274 g/mol. The second kappa shape index (κ2) is 7.86. The predicted molar refractivity (Wildman–Crippen MR) is 78.7 cm³/mol. The maximum absolute atomic E-state index is 4.49. The number of hydrogen-bond acceptors (Lipinski definition) is 1. The zero-order valence-electron chi connectivity index (χ0n) is 11.2. The fraction of sp³-hybridized carbons (Fsp3) is 0.667. The van der Waals surface area contributed by atoms with Gasteiger partial charge in [0.2, 0.25) is 0 Å². The summed E-state index contributed by atoms with van der Waals surface area (Å²) in [4.78, 5) is 5.05. The second-order valence-corrected chi connectivity index (χ2v) is 5.97. The Morgan fingerprint density at radius 3 is 2.71 bits per heavy atom. The minimum atomic E-state index is 0.563. The highest BCUT2D eigenvalue weighted by Crippen LogP contribution is 2.26. The van der Waals surface area contributed by atoms with Crippen molar-refractivity contribution in [3.63, 3.8) is 0 Å². The van der Waals surface area contributed by atoms with Gasteiger partial charge in [-0.3, -0.25) is 4.98 Å². The van der Waals surface area contributed by atoms with Crippen molar-refractivity contribution >= 4 is 15.9 Å². The van der Waals surface area contributed by atoms with Crippen molar-refractivity contribution in [1.82, 2.24) is 4.98 Å². The molecule has 0 amide bonds. The topological polar surface area (TPSA) is 12.9 Å². The van der Waals surface area contributed by atoms with E-state index in [9.17, 15) is 0 Å². The van der Waals surface area contributed by atoms with Crippen LogP contribution in [0.3, 0.4) is 0 Å². The predicted octanol–water partition coefficient (Wildman–Crippen LogP) is 4.91. The van der Waals surface area contributed by atoms with Gasteiger partial charge in [0.15, 0.2) is 0 Å². The lowest BCUT2D eigenvalue weighted by Gasteiger charge is -2.21. The molecule has 96 valence electrons. The van der Waals surface area contributed by atoms with Crippen LogP contribution in [-0.4, -0.2) is 9.81 Å². The lowest BCUT2D eigenvalue weighted by molar-refractivity contribution is 0.436. The first-order chi connectivity index (χ1) is 8.19. The van der Waals surface area contributed by atoms with E-state index in [4.69, 9.17) is 0 Å². The van der Waals surface area contributed by atoms with Crippen LogP contribution in [0.4, 0.5) is 0 Å². The van der Waals surface area contributed by atoms with Gasteiger partial charge >= 0.3 is 0 Å². The molecule has 1 aromatic rings. The molecule has 1 nitrogen and oxygen atoms in total. The van der Waals surface area contributed by atoms with Crippen LogP contribution in [0.5, 0.6) is 0 Å². The van der Waals surface area contributed by atoms with E-state index >= 15 is 0 Å². The average Bonchev–Trinajstić information content (AvgIpc) is 2.33. The molecule has 0 N–H and O–H groups in total. The summed E-state index contributed by atoms with van der Waals surface area (Å²) in [5, 5.41) is 0. The van der Waals surface area contributed by atoms with Crippen LogP contribution in [0, 0.1) is 12.8 Å². The summed E-state index contributed by atoms with van der Waals surface area (Å²) in [7, 11) is 0. The van der Waals surface area contributed by atoms with Crippen molar-refractivity contribution in [2.45, 2.75) is 57.7 Å². The normalized spacial score (nSPS) is 14.6. The highest BCUT2D eigenvalue weighted by atomic mass is 79.9. The number of rotatable bonds is 7. The zero-order chi connectivity index (χ0) is 12.7. The molecule has 0 radical (unpaired) electrons. The molecule has 1 heterocycles. The smallest absolute Gasteiger partial charge is 0.0443 e. The van der Waals surface area contributed by atoms with Crippen molar-refractivity contribution in [1.29, 1.82) is 0 Å². The molecule has 2 atom stereocenters. The van der Waals surface area contributed by atoms with E-state index in [1.54, 1.807) is 0 Å². The fourth-order valence-corrected chi connectivity index (χ4v) is 3.14. The van der Waals surface area contributed by atoms with Crippen molar-refractivity contribution in [2.24, 2.45) is 5.92 Å². The van der Waals surface area contributed by atoms with E-state index in [0.29, 0.717) is 4.83 Å². The van der Waals surface area contributed by atoms with Crippen LogP contribution < -0.4 is 0 Å². The quantitative estimate of drug-likeness (QED) is 0.652. The van der Waals surface area contributed by atoms with Crippen LogP contribution in [0.2, 0.25) is 0 Å². The van der Waals surface area contributed by atoms with Crippen molar-refractivity contribution in [3.8, 4) is 0 Å². The van der Waals surface area contributed by atoms with E-state index < -0.39 is 0 Å². The number of hydrogen-bond donors (Lipinski definition) is 0. The summed E-state index contributed by atoms with van der Waals surface area (Å²) < 4.78 is 0. The second-order valence-electron chi connectivity index (χ2n) is 4.80. The molecule has 0 aromatic carbocycles. The Kier molecular flexibility index (Phi) is 6.79. The van der Waals surface area contributed by atoms with E-state index in [1.165, 1.54) is 36.9 Å². The van der Waals surface area contributed by atoms with Crippen LogP contribution in [-0.2, 0) is 6.42 Å². The first-order valence-corrected chi connectivity index (χ1v) is 7.65. The van der Waals surface area contributed by atoms with Gasteiger partial charge in [-0.2, -0.15) is 0 Å². The lowest BCUT2D eigenvalue weighted by atomic mass is 9.92. The maximum atomic E-state index is 4.49. The van der Waals surface area contributed by atoms with Crippen molar-refractivity contribution in [2.75, 3.05) is 0 Å². The first kappa shape index (κ1) is 14.7. The molecule has 17 heavy (non-hydrogen) atoms. The zero-order valence-corrected chi connectivity index (χ0v) is 12.8. The van der Waals surface area contributed by atoms with Gasteiger partial charge < -0.3 is 0 Å². The maximum Gasteiger partial charge on any atom is 0.0443 e. The van der Waals surface area contributed by atoms with Crippen LogP contribution in [0.25, 0.3) is 0 Å². The number of alkyl halides is 1. The molecular formula is C15H24BrN. The Balaban J connectivity index is 2.57. The van der Waals surface area contributed by atoms with Gasteiger partial charge in [-0.1, -0.05) is 55.1 Å². The van der Waals surface area contributed by atoms with Crippen molar-refractivity contribution < 1.29 is 0 Å². The average molecular weight is 298 g/mol. The number of halogens is 1. The third kappa shape index (κ3) is 4.79. The summed E-state index contributed by atoms with van der Waals surface area (Å²) in [5.74, 6) is 0.774. The van der Waals surface area contributed by atoms with E-state index in [-0.39, 0.29) is 0 Å². The third-order valence-electron chi connectivity index (χ3n) is 3.47. The van der Waals surface area contributed by atoms with E-state index in [1.807, 2.05) is 12.3 Å². The van der Waals surface area contributed by atoms with Crippen LogP contribution in [0.15, 0.2) is 18.3 Å². The Morgan fingerprint density at radius 1 is 1.35 bits per heavy atom. The molecule has 0 spiro atoms. The number of unbranched alkanes of at least 4 members (excludes halogenated alkanes) is 1. The Morgan fingerprint density at radius 2 is 2.12 bits per heavy atom. The first-order valence-electron chi connectivity index (χ1n) is 6.73. The molecule has 0 aliphatic rings. The SMILES string of the molecule is CCCCC(CC)C(Br)Cc1ncccc1C. The molecule has 0 saturated carbocycles. The molecule has 2 heteroatoms. The van der Waals surface area contributed by atoms with Gasteiger partial charge in [0.25, 0.3) is 0 Å². The Hall–Kier alpha value is -0.370. The molecule has 0 bridgehead atoms. The van der Waals surface area contributed by atoms with Gasteiger partial charge in [-0.05, 0) is 30.9 Å². The van der Waals surface area contributed by atoms with Crippen LogP contribution >= 0.6 is 15.9 Å². The monoisotopic (exact) mass is 297 g/mol. The Labute approximate surface area is 114 Å². The minimum Gasteiger partial charge on any atom is -0.261 e. The molecule has 1 aromatic heterocycles. The molecule has 0 aliphatic carbocycles. The van der Waals surface area contributed by atoms with Gasteiger partial charge in [-0.25, -0.2) is 0 Å². The molecule has 0 saturated heterocycles. The van der Waals surface area contributed by atoms with Gasteiger partial charge in [0, 0.05) is 23.1 Å². The highest BCUT2D eigenvalue weighted by molar-refractivity contribution is 9.09. The summed E-state index contributed by atoms with van der Waals surface area (Å²) in [5.41, 5.74) is 2.55. The lowest BCUT2D eigenvalue weighted by Crippen LogP contribution is -2.17. The highest BCUT2D eigenvalue weighted by Gasteiger charge is 2.18. The number of aryl methyl sites for hydroxylation is 1.